The zero-order chi connectivity index (χ0) is 17.7. The molecule has 0 bridgehead atoms. The Kier molecular flexibility index (Phi) is 5.50. The molecule has 0 aliphatic heterocycles. The maximum Gasteiger partial charge on any atom is 0.276 e. The third-order valence-corrected chi connectivity index (χ3v) is 5.39. The molecule has 0 heterocycles. The Morgan fingerprint density at radius 3 is 2.44 bits per heavy atom. The first-order valence-corrected chi connectivity index (χ1v) is 9.77. The molecule has 1 saturated carbocycles. The lowest BCUT2D eigenvalue weighted by molar-refractivity contribution is 0.0836. The maximum absolute atomic E-state index is 12.2. The van der Waals surface area contributed by atoms with Crippen LogP contribution in [-0.4, -0.2) is 20.7 Å². The molecule has 0 atom stereocenters. The van der Waals surface area contributed by atoms with Gasteiger partial charge in [-0.2, -0.15) is 13.5 Å². The van der Waals surface area contributed by atoms with Crippen molar-refractivity contribution in [1.29, 1.82) is 0 Å². The molecule has 3 rings (SSSR count). The standard InChI is InChI=1S/C19H22N2O3S/c1-15-7-9-19(10-8-15)25(22,23)21-20-18-11-17(12-18)14-24-13-16-5-3-2-4-6-16/h2-10,17,21H,11-14H2,1H3. The molecule has 6 heteroatoms. The van der Waals surface area contributed by atoms with Crippen LogP contribution in [0.1, 0.15) is 24.0 Å². The summed E-state index contributed by atoms with van der Waals surface area (Å²) in [5.41, 5.74) is 3.04. The number of benzene rings is 2. The monoisotopic (exact) mass is 358 g/mol. The zero-order valence-corrected chi connectivity index (χ0v) is 15.0. The second-order valence-electron chi connectivity index (χ2n) is 6.36. The molecule has 0 spiro atoms. The number of hydrogen-bond acceptors (Lipinski definition) is 4. The minimum absolute atomic E-state index is 0.226. The summed E-state index contributed by atoms with van der Waals surface area (Å²) in [5.74, 6) is 0.409. The highest BCUT2D eigenvalue weighted by Crippen LogP contribution is 2.25. The average molecular weight is 358 g/mol. The molecule has 5 nitrogen and oxygen atoms in total. The fourth-order valence-electron chi connectivity index (χ4n) is 2.63. The van der Waals surface area contributed by atoms with Crippen molar-refractivity contribution in [1.82, 2.24) is 4.83 Å². The second-order valence-corrected chi connectivity index (χ2v) is 8.02. The van der Waals surface area contributed by atoms with E-state index in [0.29, 0.717) is 19.1 Å². The van der Waals surface area contributed by atoms with E-state index in [4.69, 9.17) is 4.74 Å². The van der Waals surface area contributed by atoms with Crippen molar-refractivity contribution < 1.29 is 13.2 Å². The molecule has 0 amide bonds. The Bertz CT molecular complexity index is 823. The smallest absolute Gasteiger partial charge is 0.276 e. The van der Waals surface area contributed by atoms with Crippen LogP contribution in [0.2, 0.25) is 0 Å². The van der Waals surface area contributed by atoms with Crippen LogP contribution < -0.4 is 4.83 Å². The average Bonchev–Trinajstić information content (AvgIpc) is 2.57. The minimum Gasteiger partial charge on any atom is -0.376 e. The molecule has 0 saturated heterocycles. The molecule has 2 aromatic rings. The number of nitrogens with one attached hydrogen (secondary N) is 1. The first-order valence-electron chi connectivity index (χ1n) is 8.28. The van der Waals surface area contributed by atoms with Crippen molar-refractivity contribution in [3.63, 3.8) is 0 Å². The van der Waals surface area contributed by atoms with Gasteiger partial charge in [0.15, 0.2) is 0 Å². The fourth-order valence-corrected chi connectivity index (χ4v) is 3.48. The van der Waals surface area contributed by atoms with Gasteiger partial charge < -0.3 is 4.74 Å². The molecule has 132 valence electrons. The van der Waals surface area contributed by atoms with Gasteiger partial charge in [0, 0.05) is 5.71 Å². The molecule has 1 aliphatic rings. The van der Waals surface area contributed by atoms with Crippen molar-refractivity contribution in [2.24, 2.45) is 11.0 Å². The van der Waals surface area contributed by atoms with Gasteiger partial charge in [0.1, 0.15) is 0 Å². The van der Waals surface area contributed by atoms with Crippen LogP contribution in [0.5, 0.6) is 0 Å². The number of nitrogens with zero attached hydrogens (tertiary/aromatic N) is 1. The van der Waals surface area contributed by atoms with Crippen LogP contribution >= 0.6 is 0 Å². The first-order chi connectivity index (χ1) is 12.0. The Balaban J connectivity index is 1.42. The van der Waals surface area contributed by atoms with Crippen LogP contribution in [0.3, 0.4) is 0 Å². The van der Waals surface area contributed by atoms with E-state index in [1.54, 1.807) is 24.3 Å². The van der Waals surface area contributed by atoms with E-state index >= 15 is 0 Å². The van der Waals surface area contributed by atoms with Crippen LogP contribution in [0, 0.1) is 12.8 Å². The number of ether oxygens (including phenoxy) is 1. The summed E-state index contributed by atoms with van der Waals surface area (Å²) in [6.45, 7) is 3.18. The molecule has 1 N–H and O–H groups in total. The minimum atomic E-state index is -3.59. The number of rotatable bonds is 7. The summed E-state index contributed by atoms with van der Waals surface area (Å²) in [6, 6.07) is 16.7. The van der Waals surface area contributed by atoms with Gasteiger partial charge in [-0.15, -0.1) is 0 Å². The van der Waals surface area contributed by atoms with Crippen molar-refractivity contribution in [3.8, 4) is 0 Å². The normalized spacial score (nSPS) is 17.0. The van der Waals surface area contributed by atoms with Gasteiger partial charge in [-0.25, -0.2) is 4.83 Å². The van der Waals surface area contributed by atoms with E-state index in [9.17, 15) is 8.42 Å². The van der Waals surface area contributed by atoms with E-state index in [1.807, 2.05) is 37.3 Å². The van der Waals surface area contributed by atoms with Crippen molar-refractivity contribution in [3.05, 3.63) is 65.7 Å². The molecule has 1 aliphatic carbocycles. The van der Waals surface area contributed by atoms with E-state index in [0.717, 1.165) is 29.7 Å². The van der Waals surface area contributed by atoms with Crippen molar-refractivity contribution in [2.75, 3.05) is 6.61 Å². The Morgan fingerprint density at radius 2 is 1.76 bits per heavy atom. The van der Waals surface area contributed by atoms with Crippen LogP contribution in [0.15, 0.2) is 64.6 Å². The van der Waals surface area contributed by atoms with Gasteiger partial charge in [-0.05, 0) is 43.4 Å². The molecule has 2 aromatic carbocycles. The second kappa shape index (κ2) is 7.80. The predicted octanol–water partition coefficient (Wildman–Crippen LogP) is 3.26. The number of sulfonamides is 1. The van der Waals surface area contributed by atoms with E-state index in [2.05, 4.69) is 9.93 Å². The lowest BCUT2D eigenvalue weighted by Gasteiger charge is -2.27. The van der Waals surface area contributed by atoms with E-state index in [-0.39, 0.29) is 4.90 Å². The summed E-state index contributed by atoms with van der Waals surface area (Å²) < 4.78 is 30.0. The highest BCUT2D eigenvalue weighted by atomic mass is 32.2. The van der Waals surface area contributed by atoms with Crippen LogP contribution in [-0.2, 0) is 21.4 Å². The van der Waals surface area contributed by atoms with Gasteiger partial charge in [0.25, 0.3) is 10.0 Å². The van der Waals surface area contributed by atoms with Crippen LogP contribution in [0.4, 0.5) is 0 Å². The number of hydrazone groups is 1. The Hall–Kier alpha value is -2.18. The maximum atomic E-state index is 12.2. The largest absolute Gasteiger partial charge is 0.376 e. The van der Waals surface area contributed by atoms with Gasteiger partial charge in [-0.3, -0.25) is 0 Å². The van der Waals surface area contributed by atoms with Gasteiger partial charge >= 0.3 is 0 Å². The summed E-state index contributed by atoms with van der Waals surface area (Å²) in [6.07, 6.45) is 1.54. The first kappa shape index (κ1) is 17.6. The SMILES string of the molecule is Cc1ccc(S(=O)(=O)NN=C2CC(COCc3ccccc3)C2)cc1. The van der Waals surface area contributed by atoms with Crippen LogP contribution in [0.25, 0.3) is 0 Å². The third-order valence-electron chi connectivity index (χ3n) is 4.17. The van der Waals surface area contributed by atoms with Gasteiger partial charge in [0.05, 0.1) is 18.1 Å². The summed E-state index contributed by atoms with van der Waals surface area (Å²) >= 11 is 0. The Labute approximate surface area is 148 Å². The molecule has 0 unspecified atom stereocenters. The topological polar surface area (TPSA) is 67.8 Å². The van der Waals surface area contributed by atoms with E-state index in [1.165, 1.54) is 0 Å². The predicted molar refractivity (Wildman–Crippen MR) is 97.8 cm³/mol. The molecule has 25 heavy (non-hydrogen) atoms. The quantitative estimate of drug-likeness (QED) is 0.773. The highest BCUT2D eigenvalue weighted by Gasteiger charge is 2.25. The highest BCUT2D eigenvalue weighted by molar-refractivity contribution is 7.89. The third kappa shape index (κ3) is 4.90. The molecular weight excluding hydrogens is 336 g/mol. The zero-order valence-electron chi connectivity index (χ0n) is 14.2. The molecule has 0 aromatic heterocycles. The van der Waals surface area contributed by atoms with E-state index < -0.39 is 10.0 Å². The summed E-state index contributed by atoms with van der Waals surface area (Å²) in [4.78, 5) is 2.54. The van der Waals surface area contributed by atoms with Gasteiger partial charge in [0.2, 0.25) is 0 Å². The Morgan fingerprint density at radius 1 is 1.08 bits per heavy atom. The van der Waals surface area contributed by atoms with Gasteiger partial charge in [-0.1, -0.05) is 48.0 Å². The van der Waals surface area contributed by atoms with Crippen molar-refractivity contribution >= 4 is 15.7 Å². The fraction of sp³-hybridized carbons (Fsp3) is 0.316. The lowest BCUT2D eigenvalue weighted by Crippen LogP contribution is -2.31. The lowest BCUT2D eigenvalue weighted by atomic mass is 9.84. The molecular formula is C19H22N2O3S. The molecule has 1 fully saturated rings. The van der Waals surface area contributed by atoms with Crippen molar-refractivity contribution in [2.45, 2.75) is 31.3 Å². The number of hydrogen-bond donors (Lipinski definition) is 1. The molecule has 0 radical (unpaired) electrons. The number of aryl methyl sites for hydroxylation is 1. The summed E-state index contributed by atoms with van der Waals surface area (Å²) in [5, 5.41) is 4.04. The summed E-state index contributed by atoms with van der Waals surface area (Å²) in [7, 11) is -3.59.